The van der Waals surface area contributed by atoms with Gasteiger partial charge in [-0.05, 0) is 19.4 Å². The number of nitrogens with zero attached hydrogens (tertiary/aromatic N) is 1. The maximum atomic E-state index is 12.8. The summed E-state index contributed by atoms with van der Waals surface area (Å²) in [5.41, 5.74) is -0.165. The first-order valence-corrected chi connectivity index (χ1v) is 10.1. The van der Waals surface area contributed by atoms with Crippen molar-refractivity contribution in [3.63, 3.8) is 0 Å². The Hall–Kier alpha value is -1.67. The number of aliphatic hydroxyl groups excluding tert-OH is 2. The first-order valence-electron chi connectivity index (χ1n) is 8.92. The average molecular weight is 409 g/mol. The fraction of sp³-hybridized carbons (Fsp3) is 0.474. The number of carbonyl (C=O) groups excluding carboxylic acids is 2. The van der Waals surface area contributed by atoms with Crippen molar-refractivity contribution in [3.05, 3.63) is 34.2 Å². The minimum Gasteiger partial charge on any atom is -0.394 e. The number of rotatable bonds is 5. The lowest BCUT2D eigenvalue weighted by atomic mass is 9.92. The third kappa shape index (κ3) is 3.12. The fourth-order valence-electron chi connectivity index (χ4n) is 3.82. The first-order chi connectivity index (χ1) is 12.9. The van der Waals surface area contributed by atoms with E-state index >= 15 is 0 Å². The molecule has 0 bridgehead atoms. The van der Waals surface area contributed by atoms with Crippen molar-refractivity contribution in [2.24, 2.45) is 11.3 Å². The van der Waals surface area contributed by atoms with Crippen molar-refractivity contribution < 1.29 is 19.8 Å². The molecule has 2 aliphatic rings. The molecule has 2 heterocycles. The Kier molecular flexibility index (Phi) is 4.66. The molecule has 27 heavy (non-hydrogen) atoms. The third-order valence-corrected chi connectivity index (χ3v) is 7.30. The Morgan fingerprint density at radius 1 is 1.41 bits per heavy atom. The topological polar surface area (TPSA) is 89.9 Å². The summed E-state index contributed by atoms with van der Waals surface area (Å²) >= 11 is 7.79. The molecular formula is C19H21ClN2O4S. The van der Waals surface area contributed by atoms with Crippen LogP contribution in [0.3, 0.4) is 0 Å². The molecule has 1 aliphatic carbocycles. The number of amides is 2. The highest BCUT2D eigenvalue weighted by Gasteiger charge is 2.65. The zero-order valence-corrected chi connectivity index (χ0v) is 16.4. The predicted octanol–water partition coefficient (Wildman–Crippen LogP) is 1.87. The number of halogens is 1. The molecule has 1 aromatic carbocycles. The molecule has 1 saturated heterocycles. The van der Waals surface area contributed by atoms with Crippen LogP contribution in [-0.2, 0) is 4.79 Å². The van der Waals surface area contributed by atoms with Gasteiger partial charge < -0.3 is 20.4 Å². The largest absolute Gasteiger partial charge is 0.394 e. The normalized spacial score (nSPS) is 22.4. The summed E-state index contributed by atoms with van der Waals surface area (Å²) in [6, 6.07) is 7.01. The summed E-state index contributed by atoms with van der Waals surface area (Å²) in [4.78, 5) is 27.4. The Morgan fingerprint density at radius 2 is 2.11 bits per heavy atom. The fourth-order valence-corrected chi connectivity index (χ4v) is 5.30. The van der Waals surface area contributed by atoms with E-state index in [1.165, 1.54) is 18.3 Å². The highest BCUT2D eigenvalue weighted by atomic mass is 35.5. The lowest BCUT2D eigenvalue weighted by molar-refractivity contribution is -0.126. The van der Waals surface area contributed by atoms with Gasteiger partial charge >= 0.3 is 0 Å². The zero-order valence-electron chi connectivity index (χ0n) is 14.8. The molecule has 0 radical (unpaired) electrons. The van der Waals surface area contributed by atoms with E-state index in [0.29, 0.717) is 23.0 Å². The predicted molar refractivity (Wildman–Crippen MR) is 104 cm³/mol. The van der Waals surface area contributed by atoms with Crippen LogP contribution in [0.1, 0.15) is 23.0 Å². The van der Waals surface area contributed by atoms with E-state index < -0.39 is 12.1 Å². The van der Waals surface area contributed by atoms with E-state index in [1.807, 2.05) is 24.3 Å². The molecule has 1 spiro atoms. The van der Waals surface area contributed by atoms with Crippen molar-refractivity contribution in [1.82, 2.24) is 10.2 Å². The van der Waals surface area contributed by atoms with Gasteiger partial charge in [-0.15, -0.1) is 11.3 Å². The second-order valence-electron chi connectivity index (χ2n) is 7.56. The number of nitrogens with one attached hydrogen (secondary N) is 1. The van der Waals surface area contributed by atoms with Crippen molar-refractivity contribution in [1.29, 1.82) is 0 Å². The molecule has 2 amide bonds. The van der Waals surface area contributed by atoms with Gasteiger partial charge in [0.1, 0.15) is 4.88 Å². The van der Waals surface area contributed by atoms with Crippen LogP contribution in [0.2, 0.25) is 5.02 Å². The number of thiophene rings is 1. The molecule has 1 saturated carbocycles. The van der Waals surface area contributed by atoms with Crippen LogP contribution in [0.5, 0.6) is 0 Å². The van der Waals surface area contributed by atoms with Crippen LogP contribution < -0.4 is 5.32 Å². The number of carbonyl (C=O) groups is 2. The minimum atomic E-state index is -0.816. The smallest absolute Gasteiger partial charge is 0.265 e. The van der Waals surface area contributed by atoms with Gasteiger partial charge in [0, 0.05) is 34.5 Å². The Bertz CT molecular complexity index is 906. The Labute approximate surface area is 165 Å². The van der Waals surface area contributed by atoms with Crippen LogP contribution in [-0.4, -0.2) is 58.8 Å². The van der Waals surface area contributed by atoms with E-state index in [-0.39, 0.29) is 29.8 Å². The monoisotopic (exact) mass is 408 g/mol. The molecule has 6 nitrogen and oxygen atoms in total. The molecule has 3 N–H and O–H groups in total. The van der Waals surface area contributed by atoms with Crippen molar-refractivity contribution in [2.75, 3.05) is 19.7 Å². The van der Waals surface area contributed by atoms with Gasteiger partial charge in [-0.1, -0.05) is 29.8 Å². The highest BCUT2D eigenvalue weighted by Crippen LogP contribution is 2.59. The van der Waals surface area contributed by atoms with Gasteiger partial charge in [0.15, 0.2) is 0 Å². The summed E-state index contributed by atoms with van der Waals surface area (Å²) in [7, 11) is 0. The van der Waals surface area contributed by atoms with E-state index in [2.05, 4.69) is 5.32 Å². The summed E-state index contributed by atoms with van der Waals surface area (Å²) in [6.07, 6.45) is -0.0935. The second-order valence-corrected chi connectivity index (χ2v) is 8.99. The van der Waals surface area contributed by atoms with Crippen LogP contribution in [0.15, 0.2) is 24.3 Å². The minimum absolute atomic E-state index is 0.0879. The second kappa shape index (κ2) is 6.74. The third-order valence-electron chi connectivity index (χ3n) is 5.64. The molecule has 1 aromatic heterocycles. The molecule has 4 rings (SSSR count). The van der Waals surface area contributed by atoms with Gasteiger partial charge in [-0.3, -0.25) is 9.59 Å². The van der Waals surface area contributed by atoms with Gasteiger partial charge in [-0.2, -0.15) is 0 Å². The van der Waals surface area contributed by atoms with Crippen molar-refractivity contribution in [2.45, 2.75) is 25.5 Å². The van der Waals surface area contributed by atoms with Crippen LogP contribution in [0.4, 0.5) is 0 Å². The van der Waals surface area contributed by atoms with E-state index in [1.54, 1.807) is 4.90 Å². The van der Waals surface area contributed by atoms with Crippen LogP contribution in [0.25, 0.3) is 10.1 Å². The maximum Gasteiger partial charge on any atom is 0.265 e. The molecule has 1 unspecified atom stereocenters. The SMILES string of the molecule is C[C@@H](O)[C@@H](CO)NC(=O)C1CC12CN(C(=O)c1sc3ccccc3c1Cl)C2. The molecule has 8 heteroatoms. The molecule has 2 aromatic rings. The lowest BCUT2D eigenvalue weighted by Gasteiger charge is -2.40. The molecule has 2 fully saturated rings. The van der Waals surface area contributed by atoms with Crippen molar-refractivity contribution in [3.8, 4) is 0 Å². The van der Waals surface area contributed by atoms with E-state index in [0.717, 1.165) is 16.5 Å². The number of likely N-dealkylation sites (tertiary alicyclic amines) is 1. The van der Waals surface area contributed by atoms with Gasteiger partial charge in [0.25, 0.3) is 5.91 Å². The van der Waals surface area contributed by atoms with Gasteiger partial charge in [0.05, 0.1) is 23.8 Å². The van der Waals surface area contributed by atoms with E-state index in [9.17, 15) is 19.8 Å². The molecule has 3 atom stereocenters. The van der Waals surface area contributed by atoms with Crippen molar-refractivity contribution >= 4 is 44.8 Å². The van der Waals surface area contributed by atoms with Gasteiger partial charge in [-0.25, -0.2) is 0 Å². The standard InChI is InChI=1S/C19H21ClN2O4S/c1-10(24)13(7-23)21-17(25)12-6-19(12)8-22(9-19)18(26)16-15(20)11-4-2-3-5-14(11)27-16/h2-5,10,12-13,23-24H,6-9H2,1H3,(H,21,25)/t10-,12?,13-/m1/s1. The Balaban J connectivity index is 1.39. The number of hydrogen-bond acceptors (Lipinski definition) is 5. The number of fused-ring (bicyclic) bond motifs is 1. The quantitative estimate of drug-likeness (QED) is 0.704. The first kappa shape index (κ1) is 18.7. The zero-order chi connectivity index (χ0) is 19.3. The Morgan fingerprint density at radius 3 is 2.74 bits per heavy atom. The molecule has 1 aliphatic heterocycles. The number of aliphatic hydroxyl groups is 2. The van der Waals surface area contributed by atoms with Crippen LogP contribution >= 0.6 is 22.9 Å². The summed E-state index contributed by atoms with van der Waals surface area (Å²) in [5, 5.41) is 22.9. The van der Waals surface area contributed by atoms with Crippen LogP contribution in [0, 0.1) is 11.3 Å². The summed E-state index contributed by atoms with van der Waals surface area (Å²) < 4.78 is 0.984. The number of benzene rings is 1. The summed E-state index contributed by atoms with van der Waals surface area (Å²) in [6.45, 7) is 2.29. The maximum absolute atomic E-state index is 12.8. The average Bonchev–Trinajstić information content (AvgIpc) is 3.29. The highest BCUT2D eigenvalue weighted by molar-refractivity contribution is 7.21. The lowest BCUT2D eigenvalue weighted by Crippen LogP contribution is -2.54. The van der Waals surface area contributed by atoms with E-state index in [4.69, 9.17) is 11.6 Å². The summed E-state index contributed by atoms with van der Waals surface area (Å²) in [5.74, 6) is -0.427. The number of hydrogen-bond donors (Lipinski definition) is 3. The molecule has 144 valence electrons. The van der Waals surface area contributed by atoms with Gasteiger partial charge in [0.2, 0.25) is 5.91 Å². The molecular weight excluding hydrogens is 388 g/mol.